The second-order valence-corrected chi connectivity index (χ2v) is 8.86. The van der Waals surface area contributed by atoms with Crippen molar-refractivity contribution in [1.29, 1.82) is 0 Å². The van der Waals surface area contributed by atoms with Crippen LogP contribution in [0.2, 0.25) is 5.02 Å². The molecule has 1 N–H and O–H groups in total. The highest BCUT2D eigenvalue weighted by Crippen LogP contribution is 2.24. The van der Waals surface area contributed by atoms with Gasteiger partial charge in [-0.25, -0.2) is 18.4 Å². The summed E-state index contributed by atoms with van der Waals surface area (Å²) in [6.07, 6.45) is 5.07. The Morgan fingerprint density at radius 2 is 1.90 bits per heavy atom. The van der Waals surface area contributed by atoms with E-state index in [1.807, 2.05) is 0 Å². The summed E-state index contributed by atoms with van der Waals surface area (Å²) in [5.74, 6) is 1.87. The van der Waals surface area contributed by atoms with Crippen molar-refractivity contribution in [2.45, 2.75) is 12.7 Å². The van der Waals surface area contributed by atoms with Crippen LogP contribution < -0.4 is 9.46 Å². The van der Waals surface area contributed by atoms with Gasteiger partial charge in [0.05, 0.1) is 5.75 Å². The monoisotopic (exact) mass is 455 g/mol. The Hall–Kier alpha value is -3.43. The van der Waals surface area contributed by atoms with Crippen molar-refractivity contribution < 1.29 is 13.2 Å². The zero-order valence-corrected chi connectivity index (χ0v) is 18.0. The molecule has 0 aliphatic heterocycles. The van der Waals surface area contributed by atoms with E-state index in [1.165, 1.54) is 0 Å². The molecule has 0 unspecified atom stereocenters. The molecule has 158 valence electrons. The summed E-state index contributed by atoms with van der Waals surface area (Å²) in [4.78, 5) is 12.7. The Labute approximate surface area is 184 Å². The summed E-state index contributed by atoms with van der Waals surface area (Å²) in [7, 11) is -3.59. The fourth-order valence-corrected chi connectivity index (χ4v) is 4.28. The van der Waals surface area contributed by atoms with E-state index >= 15 is 0 Å². The molecule has 2 aromatic carbocycles. The topological polar surface area (TPSA) is 99.0 Å². The van der Waals surface area contributed by atoms with Gasteiger partial charge in [-0.05, 0) is 48.9 Å². The number of ether oxygens (including phenoxy) is 1. The van der Waals surface area contributed by atoms with Crippen LogP contribution >= 0.6 is 11.6 Å². The number of nitrogens with one attached hydrogen (secondary N) is 1. The average Bonchev–Trinajstić information content (AvgIpc) is 3.23. The van der Waals surface area contributed by atoms with E-state index in [4.69, 9.17) is 16.3 Å². The van der Waals surface area contributed by atoms with Crippen LogP contribution in [0.3, 0.4) is 0 Å². The highest BCUT2D eigenvalue weighted by Gasteiger charge is 2.13. The largest absolute Gasteiger partial charge is 0.439 e. The van der Waals surface area contributed by atoms with E-state index in [0.29, 0.717) is 39.5 Å². The minimum absolute atomic E-state index is 0.178. The highest BCUT2D eigenvalue weighted by atomic mass is 35.5. The number of halogens is 1. The number of sulfonamides is 1. The number of aromatic nitrogens is 4. The van der Waals surface area contributed by atoms with Crippen LogP contribution in [0.5, 0.6) is 11.6 Å². The number of hydrogen-bond acceptors (Lipinski definition) is 6. The van der Waals surface area contributed by atoms with Gasteiger partial charge in [0.25, 0.3) is 0 Å². The summed E-state index contributed by atoms with van der Waals surface area (Å²) in [5, 5.41) is 0.491. The normalized spacial score (nSPS) is 11.3. The lowest BCUT2D eigenvalue weighted by molar-refractivity contribution is 0.459. The van der Waals surface area contributed by atoms with Gasteiger partial charge in [0.2, 0.25) is 15.9 Å². The molecule has 0 aliphatic carbocycles. The highest BCUT2D eigenvalue weighted by molar-refractivity contribution is 7.91. The Kier molecular flexibility index (Phi) is 5.88. The number of anilines is 1. The first-order valence-electron chi connectivity index (χ1n) is 9.23. The Bertz CT molecular complexity index is 1290. The van der Waals surface area contributed by atoms with Crippen molar-refractivity contribution in [3.05, 3.63) is 89.7 Å². The van der Waals surface area contributed by atoms with Crippen LogP contribution in [-0.2, 0) is 15.8 Å². The maximum atomic E-state index is 12.4. The quantitative estimate of drug-likeness (QED) is 0.444. The van der Waals surface area contributed by atoms with E-state index in [0.717, 1.165) is 0 Å². The van der Waals surface area contributed by atoms with Crippen LogP contribution in [0.25, 0.3) is 5.82 Å². The van der Waals surface area contributed by atoms with Gasteiger partial charge in [0, 0.05) is 29.2 Å². The predicted octanol–water partition coefficient (Wildman–Crippen LogP) is 4.36. The summed E-state index contributed by atoms with van der Waals surface area (Å²) in [6.45, 7) is 1.77. The molecule has 4 aromatic rings. The first-order chi connectivity index (χ1) is 14.9. The van der Waals surface area contributed by atoms with Gasteiger partial charge in [-0.3, -0.25) is 9.29 Å². The molecule has 0 spiro atoms. The molecular weight excluding hydrogens is 438 g/mol. The van der Waals surface area contributed by atoms with Crippen LogP contribution in [0.4, 0.5) is 5.69 Å². The summed E-state index contributed by atoms with van der Waals surface area (Å²) in [6, 6.07) is 15.0. The van der Waals surface area contributed by atoms with Crippen molar-refractivity contribution in [2.75, 3.05) is 4.72 Å². The smallest absolute Gasteiger partial charge is 0.236 e. The van der Waals surface area contributed by atoms with Crippen LogP contribution in [0.15, 0.2) is 73.3 Å². The third-order valence-electron chi connectivity index (χ3n) is 4.17. The Balaban J connectivity index is 1.45. The van der Waals surface area contributed by atoms with Crippen molar-refractivity contribution in [2.24, 2.45) is 0 Å². The minimum atomic E-state index is -3.59. The lowest BCUT2D eigenvalue weighted by Gasteiger charge is -2.10. The van der Waals surface area contributed by atoms with Crippen molar-refractivity contribution >= 4 is 27.3 Å². The van der Waals surface area contributed by atoms with Crippen molar-refractivity contribution in [3.63, 3.8) is 0 Å². The number of rotatable bonds is 7. The maximum absolute atomic E-state index is 12.4. The molecule has 0 saturated carbocycles. The fourth-order valence-electron chi connectivity index (χ4n) is 2.88. The standard InChI is InChI=1S/C21H18ClN5O3S/c1-15-24-20(27-10-9-23-14-27)12-21(25-15)30-19-7-5-18(6-8-19)26-31(28,29)13-16-3-2-4-17(22)11-16/h2-12,14,26H,13H2,1H3. The Morgan fingerprint density at radius 3 is 2.61 bits per heavy atom. The van der Waals surface area contributed by atoms with Gasteiger partial charge in [-0.1, -0.05) is 23.7 Å². The molecule has 0 aliphatic rings. The summed E-state index contributed by atoms with van der Waals surface area (Å²) >= 11 is 5.92. The summed E-state index contributed by atoms with van der Waals surface area (Å²) < 4.78 is 35.0. The molecule has 0 radical (unpaired) electrons. The third-order valence-corrected chi connectivity index (χ3v) is 5.66. The first kappa shape index (κ1) is 20.8. The second-order valence-electron chi connectivity index (χ2n) is 6.70. The second kappa shape index (κ2) is 8.75. The minimum Gasteiger partial charge on any atom is -0.439 e. The van der Waals surface area contributed by atoms with Gasteiger partial charge in [0.15, 0.2) is 0 Å². The molecule has 2 heterocycles. The molecule has 0 fully saturated rings. The molecule has 10 heteroatoms. The van der Waals surface area contributed by atoms with E-state index in [1.54, 1.807) is 84.8 Å². The van der Waals surface area contributed by atoms with Gasteiger partial charge in [0.1, 0.15) is 23.7 Å². The van der Waals surface area contributed by atoms with Crippen molar-refractivity contribution in [1.82, 2.24) is 19.5 Å². The lowest BCUT2D eigenvalue weighted by atomic mass is 10.2. The van der Waals surface area contributed by atoms with Gasteiger partial charge >= 0.3 is 0 Å². The molecular formula is C21H18ClN5O3S. The van der Waals surface area contributed by atoms with E-state index in [-0.39, 0.29) is 5.75 Å². The van der Waals surface area contributed by atoms with Crippen LogP contribution in [-0.4, -0.2) is 27.9 Å². The molecule has 0 saturated heterocycles. The van der Waals surface area contributed by atoms with E-state index in [9.17, 15) is 8.42 Å². The van der Waals surface area contributed by atoms with Crippen LogP contribution in [0.1, 0.15) is 11.4 Å². The molecule has 4 rings (SSSR count). The number of nitrogens with zero attached hydrogens (tertiary/aromatic N) is 4. The van der Waals surface area contributed by atoms with E-state index in [2.05, 4.69) is 19.7 Å². The molecule has 0 amide bonds. The lowest BCUT2D eigenvalue weighted by Crippen LogP contribution is -2.15. The van der Waals surface area contributed by atoms with Crippen molar-refractivity contribution in [3.8, 4) is 17.4 Å². The van der Waals surface area contributed by atoms with Crippen LogP contribution in [0, 0.1) is 6.92 Å². The molecule has 0 bridgehead atoms. The number of imidazole rings is 1. The zero-order chi connectivity index (χ0) is 21.8. The fraction of sp³-hybridized carbons (Fsp3) is 0.0952. The average molecular weight is 456 g/mol. The molecule has 8 nitrogen and oxygen atoms in total. The summed E-state index contributed by atoms with van der Waals surface area (Å²) in [5.41, 5.74) is 1.03. The Morgan fingerprint density at radius 1 is 1.10 bits per heavy atom. The predicted molar refractivity (Wildman–Crippen MR) is 118 cm³/mol. The SMILES string of the molecule is Cc1nc(Oc2ccc(NS(=O)(=O)Cc3cccc(Cl)c3)cc2)cc(-n2ccnc2)n1. The van der Waals surface area contributed by atoms with Gasteiger partial charge in [-0.2, -0.15) is 4.98 Å². The number of benzene rings is 2. The molecule has 31 heavy (non-hydrogen) atoms. The molecule has 0 atom stereocenters. The maximum Gasteiger partial charge on any atom is 0.236 e. The third kappa shape index (κ3) is 5.59. The molecule has 2 aromatic heterocycles. The first-order valence-corrected chi connectivity index (χ1v) is 11.3. The van der Waals surface area contributed by atoms with Gasteiger partial charge < -0.3 is 4.74 Å². The van der Waals surface area contributed by atoms with E-state index < -0.39 is 10.0 Å². The number of aryl methyl sites for hydroxylation is 1. The number of hydrogen-bond donors (Lipinski definition) is 1. The van der Waals surface area contributed by atoms with Gasteiger partial charge in [-0.15, -0.1) is 0 Å². The zero-order valence-electron chi connectivity index (χ0n) is 16.4.